The van der Waals surface area contributed by atoms with Crippen LogP contribution in [0.3, 0.4) is 0 Å². The molecule has 1 amide bonds. The molecule has 0 aliphatic carbocycles. The van der Waals surface area contributed by atoms with Crippen LogP contribution in [0.1, 0.15) is 0 Å². The number of carbonyl (C=O) groups excluding carboxylic acids is 1. The number of fused-ring (bicyclic) bond motifs is 1. The molecule has 29 heavy (non-hydrogen) atoms. The minimum Gasteiger partial charge on any atom is -0.433 e. The highest BCUT2D eigenvalue weighted by atomic mass is 32.1. The summed E-state index contributed by atoms with van der Waals surface area (Å²) in [5, 5.41) is 5.70. The first-order chi connectivity index (χ1) is 14.1. The zero-order chi connectivity index (χ0) is 20.2. The maximum Gasteiger partial charge on any atom is 0.387 e. The molecule has 0 spiro atoms. The standard InChI is InChI=1S/C19H19F2N5O2S/c20-19(21)28-15-4-2-1-3-14(15)24-16(27)11-25-6-8-26(9-7-25)17-13-5-10-29-18(13)23-12-22-17/h1-5,10,12,19H,6-9,11H2,(H,24,27). The first-order valence-electron chi connectivity index (χ1n) is 9.09. The smallest absolute Gasteiger partial charge is 0.387 e. The zero-order valence-electron chi connectivity index (χ0n) is 15.4. The normalized spacial score (nSPS) is 15.1. The Hall–Kier alpha value is -2.85. The van der Waals surface area contributed by atoms with Crippen molar-refractivity contribution in [1.82, 2.24) is 14.9 Å². The lowest BCUT2D eigenvalue weighted by molar-refractivity contribution is -0.117. The second kappa shape index (κ2) is 8.66. The van der Waals surface area contributed by atoms with Crippen molar-refractivity contribution in [3.63, 3.8) is 0 Å². The van der Waals surface area contributed by atoms with Crippen molar-refractivity contribution < 1.29 is 18.3 Å². The van der Waals surface area contributed by atoms with Crippen LogP contribution < -0.4 is 15.0 Å². The number of hydrogen-bond acceptors (Lipinski definition) is 7. The summed E-state index contributed by atoms with van der Waals surface area (Å²) in [7, 11) is 0. The first-order valence-corrected chi connectivity index (χ1v) is 9.97. The molecular weight excluding hydrogens is 400 g/mol. The Morgan fingerprint density at radius 1 is 1.17 bits per heavy atom. The molecule has 7 nitrogen and oxygen atoms in total. The Labute approximate surface area is 169 Å². The molecule has 0 saturated carbocycles. The van der Waals surface area contributed by atoms with E-state index in [9.17, 15) is 13.6 Å². The Balaban J connectivity index is 1.33. The van der Waals surface area contributed by atoms with Crippen molar-refractivity contribution >= 4 is 39.0 Å². The highest BCUT2D eigenvalue weighted by Crippen LogP contribution is 2.28. The first kappa shape index (κ1) is 19.5. The quantitative estimate of drug-likeness (QED) is 0.662. The number of para-hydroxylation sites is 2. The van der Waals surface area contributed by atoms with Crippen molar-refractivity contribution in [3.05, 3.63) is 42.0 Å². The third-order valence-corrected chi connectivity index (χ3v) is 5.48. The monoisotopic (exact) mass is 419 g/mol. The van der Waals surface area contributed by atoms with Crippen LogP contribution in [0.5, 0.6) is 5.75 Å². The van der Waals surface area contributed by atoms with Gasteiger partial charge in [-0.15, -0.1) is 11.3 Å². The number of nitrogens with zero attached hydrogens (tertiary/aromatic N) is 4. The van der Waals surface area contributed by atoms with E-state index in [4.69, 9.17) is 0 Å². The Morgan fingerprint density at radius 3 is 2.76 bits per heavy atom. The number of piperazine rings is 1. The summed E-state index contributed by atoms with van der Waals surface area (Å²) < 4.78 is 29.5. The minimum absolute atomic E-state index is 0.0517. The fourth-order valence-corrected chi connectivity index (χ4v) is 4.04. The average molecular weight is 419 g/mol. The van der Waals surface area contributed by atoms with E-state index in [0.717, 1.165) is 29.1 Å². The number of benzene rings is 1. The van der Waals surface area contributed by atoms with Gasteiger partial charge in [0.05, 0.1) is 17.6 Å². The van der Waals surface area contributed by atoms with E-state index in [1.807, 2.05) is 16.3 Å². The maximum atomic E-state index is 12.5. The molecule has 0 bridgehead atoms. The Morgan fingerprint density at radius 2 is 1.97 bits per heavy atom. The van der Waals surface area contributed by atoms with Gasteiger partial charge in [0.25, 0.3) is 0 Å². The zero-order valence-corrected chi connectivity index (χ0v) is 16.2. The van der Waals surface area contributed by atoms with Gasteiger partial charge in [0.2, 0.25) is 5.91 Å². The van der Waals surface area contributed by atoms with E-state index in [1.54, 1.807) is 29.8 Å². The van der Waals surface area contributed by atoms with Gasteiger partial charge in [0.1, 0.15) is 22.7 Å². The van der Waals surface area contributed by atoms with Gasteiger partial charge in [-0.1, -0.05) is 12.1 Å². The number of carbonyl (C=O) groups is 1. The largest absolute Gasteiger partial charge is 0.433 e. The van der Waals surface area contributed by atoms with Crippen molar-refractivity contribution in [3.8, 4) is 5.75 Å². The molecule has 1 N–H and O–H groups in total. The van der Waals surface area contributed by atoms with Crippen LogP contribution in [0, 0.1) is 0 Å². The molecule has 3 aromatic rings. The SMILES string of the molecule is O=C(CN1CCN(c2ncnc3sccc23)CC1)Nc1ccccc1OC(F)F. The van der Waals surface area contributed by atoms with Gasteiger partial charge >= 0.3 is 6.61 Å². The molecule has 1 aliphatic rings. The van der Waals surface area contributed by atoms with E-state index >= 15 is 0 Å². The Kier molecular flexibility index (Phi) is 5.81. The van der Waals surface area contributed by atoms with Crippen molar-refractivity contribution in [2.75, 3.05) is 42.9 Å². The van der Waals surface area contributed by atoms with Gasteiger partial charge in [0.15, 0.2) is 0 Å². The lowest BCUT2D eigenvalue weighted by Crippen LogP contribution is -2.49. The molecule has 1 aromatic carbocycles. The fourth-order valence-electron chi connectivity index (χ4n) is 3.31. The summed E-state index contributed by atoms with van der Waals surface area (Å²) in [6.07, 6.45) is 1.58. The molecule has 1 aliphatic heterocycles. The van der Waals surface area contributed by atoms with E-state index in [0.29, 0.717) is 13.1 Å². The van der Waals surface area contributed by atoms with Crippen molar-refractivity contribution in [2.24, 2.45) is 0 Å². The molecular formula is C19H19F2N5O2S. The van der Waals surface area contributed by atoms with Crippen LogP contribution >= 0.6 is 11.3 Å². The number of halogens is 2. The van der Waals surface area contributed by atoms with E-state index < -0.39 is 6.61 Å². The van der Waals surface area contributed by atoms with Gasteiger partial charge in [-0.3, -0.25) is 9.69 Å². The van der Waals surface area contributed by atoms with Gasteiger partial charge in [-0.05, 0) is 23.6 Å². The van der Waals surface area contributed by atoms with Crippen LogP contribution in [0.25, 0.3) is 10.2 Å². The van der Waals surface area contributed by atoms with Gasteiger partial charge in [-0.25, -0.2) is 9.97 Å². The lowest BCUT2D eigenvalue weighted by Gasteiger charge is -2.35. The number of amides is 1. The molecule has 2 aromatic heterocycles. The number of thiophene rings is 1. The van der Waals surface area contributed by atoms with E-state index in [1.165, 1.54) is 12.1 Å². The number of aromatic nitrogens is 2. The Bertz CT molecular complexity index is 991. The third-order valence-electron chi connectivity index (χ3n) is 4.66. The average Bonchev–Trinajstić information content (AvgIpc) is 3.19. The predicted octanol–water partition coefficient (Wildman–Crippen LogP) is 3.05. The molecule has 3 heterocycles. The molecule has 152 valence electrons. The van der Waals surface area contributed by atoms with Gasteiger partial charge in [0, 0.05) is 26.2 Å². The lowest BCUT2D eigenvalue weighted by atomic mass is 10.2. The molecule has 0 unspecified atom stereocenters. The fraction of sp³-hybridized carbons (Fsp3) is 0.316. The van der Waals surface area contributed by atoms with Crippen LogP contribution in [0.2, 0.25) is 0 Å². The second-order valence-electron chi connectivity index (χ2n) is 6.52. The second-order valence-corrected chi connectivity index (χ2v) is 7.42. The summed E-state index contributed by atoms with van der Waals surface area (Å²) in [5.74, 6) is 0.591. The summed E-state index contributed by atoms with van der Waals surface area (Å²) in [4.78, 5) is 26.3. The van der Waals surface area contributed by atoms with Crippen LogP contribution in [-0.2, 0) is 4.79 Å². The van der Waals surface area contributed by atoms with Gasteiger partial charge < -0.3 is 15.0 Å². The number of hydrogen-bond donors (Lipinski definition) is 1. The number of rotatable bonds is 6. The van der Waals surface area contributed by atoms with E-state index in [-0.39, 0.29) is 23.9 Å². The van der Waals surface area contributed by atoms with Crippen LogP contribution in [0.15, 0.2) is 42.0 Å². The summed E-state index contributed by atoms with van der Waals surface area (Å²) >= 11 is 1.58. The number of anilines is 2. The summed E-state index contributed by atoms with van der Waals surface area (Å²) in [6, 6.07) is 8.18. The third kappa shape index (κ3) is 4.60. The highest BCUT2D eigenvalue weighted by Gasteiger charge is 2.22. The summed E-state index contributed by atoms with van der Waals surface area (Å²) in [5.41, 5.74) is 0.234. The number of ether oxygens (including phenoxy) is 1. The number of nitrogens with one attached hydrogen (secondary N) is 1. The molecule has 4 rings (SSSR count). The molecule has 10 heteroatoms. The number of alkyl halides is 2. The molecule has 0 atom stereocenters. The maximum absolute atomic E-state index is 12.5. The topological polar surface area (TPSA) is 70.6 Å². The molecule has 1 fully saturated rings. The minimum atomic E-state index is -2.95. The molecule has 0 radical (unpaired) electrons. The van der Waals surface area contributed by atoms with E-state index in [2.05, 4.69) is 24.9 Å². The summed E-state index contributed by atoms with van der Waals surface area (Å²) in [6.45, 7) is 0.0867. The van der Waals surface area contributed by atoms with Crippen LogP contribution in [-0.4, -0.2) is 60.1 Å². The highest BCUT2D eigenvalue weighted by molar-refractivity contribution is 7.16. The van der Waals surface area contributed by atoms with Crippen molar-refractivity contribution in [1.29, 1.82) is 0 Å². The van der Waals surface area contributed by atoms with Crippen LogP contribution in [0.4, 0.5) is 20.3 Å². The van der Waals surface area contributed by atoms with Crippen molar-refractivity contribution in [2.45, 2.75) is 6.61 Å². The van der Waals surface area contributed by atoms with Gasteiger partial charge in [-0.2, -0.15) is 8.78 Å². The molecule has 1 saturated heterocycles. The predicted molar refractivity (Wildman–Crippen MR) is 108 cm³/mol.